The van der Waals surface area contributed by atoms with Gasteiger partial charge in [-0.05, 0) is 20.3 Å². The molecule has 2 heterocycles. The van der Waals surface area contributed by atoms with E-state index in [1.165, 1.54) is 0 Å². The van der Waals surface area contributed by atoms with Crippen LogP contribution in [0.1, 0.15) is 20.3 Å². The number of nitrogens with zero attached hydrogens (tertiary/aromatic N) is 1. The molecule has 19 heavy (non-hydrogen) atoms. The Morgan fingerprint density at radius 1 is 1.53 bits per heavy atom. The van der Waals surface area contributed by atoms with E-state index in [-0.39, 0.29) is 17.4 Å². The van der Waals surface area contributed by atoms with Crippen LogP contribution < -0.4 is 10.6 Å². The molecule has 2 rings (SSSR count). The molecule has 1 unspecified atom stereocenters. The molecule has 0 aromatic rings. The Kier molecular flexibility index (Phi) is 4.17. The molecule has 2 fully saturated rings. The summed E-state index contributed by atoms with van der Waals surface area (Å²) in [6, 6.07) is 0.333. The van der Waals surface area contributed by atoms with Crippen LogP contribution in [0.15, 0.2) is 0 Å². The number of hydrogen-bond donors (Lipinski definition) is 2. The number of carbonyl (C=O) groups is 1. The first kappa shape index (κ1) is 14.7. The summed E-state index contributed by atoms with van der Waals surface area (Å²) in [6.45, 7) is 6.88. The van der Waals surface area contributed by atoms with E-state index in [0.717, 1.165) is 19.6 Å². The van der Waals surface area contributed by atoms with Gasteiger partial charge in [-0.25, -0.2) is 8.42 Å². The monoisotopic (exact) mass is 289 g/mol. The van der Waals surface area contributed by atoms with Gasteiger partial charge in [-0.3, -0.25) is 9.69 Å². The SMILES string of the molecule is C[C@H]1CNCCN1CC(=O)NC1(C)CCS(=O)(=O)C1. The van der Waals surface area contributed by atoms with E-state index in [2.05, 4.69) is 22.5 Å². The molecule has 110 valence electrons. The van der Waals surface area contributed by atoms with Gasteiger partial charge >= 0.3 is 0 Å². The predicted octanol–water partition coefficient (Wildman–Crippen LogP) is -1.03. The molecule has 0 aromatic carbocycles. The summed E-state index contributed by atoms with van der Waals surface area (Å²) in [6.07, 6.45) is 0.512. The topological polar surface area (TPSA) is 78.5 Å². The van der Waals surface area contributed by atoms with Crippen LogP contribution in [-0.4, -0.2) is 68.5 Å². The predicted molar refractivity (Wildman–Crippen MR) is 73.7 cm³/mol. The molecule has 0 radical (unpaired) electrons. The molecule has 2 atom stereocenters. The minimum Gasteiger partial charge on any atom is -0.349 e. The molecule has 2 aliphatic rings. The average molecular weight is 289 g/mol. The number of nitrogens with one attached hydrogen (secondary N) is 2. The fourth-order valence-corrected chi connectivity index (χ4v) is 4.88. The Morgan fingerprint density at radius 3 is 2.84 bits per heavy atom. The minimum atomic E-state index is -2.98. The third-order valence-corrected chi connectivity index (χ3v) is 5.83. The van der Waals surface area contributed by atoms with Crippen molar-refractivity contribution in [3.8, 4) is 0 Å². The highest BCUT2D eigenvalue weighted by Crippen LogP contribution is 2.22. The van der Waals surface area contributed by atoms with Gasteiger partial charge in [0.2, 0.25) is 5.91 Å². The molecule has 2 saturated heterocycles. The van der Waals surface area contributed by atoms with Gasteiger partial charge in [-0.15, -0.1) is 0 Å². The molecular formula is C12H23N3O3S. The first-order chi connectivity index (χ1) is 8.80. The van der Waals surface area contributed by atoms with Crippen molar-refractivity contribution in [1.29, 1.82) is 0 Å². The largest absolute Gasteiger partial charge is 0.349 e. The number of sulfone groups is 1. The maximum Gasteiger partial charge on any atom is 0.234 e. The fraction of sp³-hybridized carbons (Fsp3) is 0.917. The van der Waals surface area contributed by atoms with Crippen LogP contribution in [0.25, 0.3) is 0 Å². The lowest BCUT2D eigenvalue weighted by molar-refractivity contribution is -0.124. The normalized spacial score (nSPS) is 35.2. The maximum atomic E-state index is 12.1. The zero-order valence-corrected chi connectivity index (χ0v) is 12.4. The molecule has 0 aliphatic carbocycles. The lowest BCUT2D eigenvalue weighted by atomic mass is 10.0. The van der Waals surface area contributed by atoms with Gasteiger partial charge in [0.25, 0.3) is 0 Å². The van der Waals surface area contributed by atoms with Crippen LogP contribution in [0.2, 0.25) is 0 Å². The van der Waals surface area contributed by atoms with Crippen molar-refractivity contribution in [2.24, 2.45) is 0 Å². The third-order valence-electron chi connectivity index (χ3n) is 3.93. The minimum absolute atomic E-state index is 0.0584. The molecule has 1 amide bonds. The van der Waals surface area contributed by atoms with Gasteiger partial charge in [0, 0.05) is 25.7 Å². The van der Waals surface area contributed by atoms with Crippen molar-refractivity contribution in [2.75, 3.05) is 37.7 Å². The molecule has 2 N–H and O–H groups in total. The van der Waals surface area contributed by atoms with Gasteiger partial charge in [0.05, 0.1) is 23.6 Å². The van der Waals surface area contributed by atoms with E-state index < -0.39 is 15.4 Å². The van der Waals surface area contributed by atoms with Crippen LogP contribution in [0.5, 0.6) is 0 Å². The van der Waals surface area contributed by atoms with Gasteiger partial charge in [0.1, 0.15) is 0 Å². The second-order valence-electron chi connectivity index (χ2n) is 5.97. The summed E-state index contributed by atoms with van der Waals surface area (Å²) >= 11 is 0. The van der Waals surface area contributed by atoms with E-state index in [4.69, 9.17) is 0 Å². The van der Waals surface area contributed by atoms with E-state index in [1.807, 2.05) is 6.92 Å². The summed E-state index contributed by atoms with van der Waals surface area (Å²) in [5.41, 5.74) is -0.590. The molecule has 0 spiro atoms. The number of carbonyl (C=O) groups excluding carboxylic acids is 1. The highest BCUT2D eigenvalue weighted by Gasteiger charge is 2.39. The summed E-state index contributed by atoms with van der Waals surface area (Å²) < 4.78 is 23.0. The highest BCUT2D eigenvalue weighted by molar-refractivity contribution is 7.91. The van der Waals surface area contributed by atoms with Crippen LogP contribution in [0.3, 0.4) is 0 Å². The summed E-state index contributed by atoms with van der Waals surface area (Å²) in [7, 11) is -2.98. The summed E-state index contributed by atoms with van der Waals surface area (Å²) in [5, 5.41) is 6.17. The van der Waals surface area contributed by atoms with Crippen molar-refractivity contribution < 1.29 is 13.2 Å². The molecule has 0 bridgehead atoms. The third kappa shape index (κ3) is 3.90. The Morgan fingerprint density at radius 2 is 2.26 bits per heavy atom. The molecule has 0 saturated carbocycles. The highest BCUT2D eigenvalue weighted by atomic mass is 32.2. The summed E-state index contributed by atoms with van der Waals surface area (Å²) in [4.78, 5) is 14.2. The van der Waals surface area contributed by atoms with Gasteiger partial charge in [-0.1, -0.05) is 0 Å². The lowest BCUT2D eigenvalue weighted by Gasteiger charge is -2.34. The van der Waals surface area contributed by atoms with Crippen LogP contribution in [0, 0.1) is 0 Å². The van der Waals surface area contributed by atoms with E-state index in [1.54, 1.807) is 0 Å². The van der Waals surface area contributed by atoms with Crippen LogP contribution >= 0.6 is 0 Å². The van der Waals surface area contributed by atoms with Gasteiger partial charge < -0.3 is 10.6 Å². The van der Waals surface area contributed by atoms with Crippen molar-refractivity contribution in [3.05, 3.63) is 0 Å². The maximum absolute atomic E-state index is 12.1. The van der Waals surface area contributed by atoms with Gasteiger partial charge in [0.15, 0.2) is 9.84 Å². The fourth-order valence-electron chi connectivity index (χ4n) is 2.79. The molecular weight excluding hydrogens is 266 g/mol. The quantitative estimate of drug-likeness (QED) is 0.695. The van der Waals surface area contributed by atoms with E-state index in [0.29, 0.717) is 19.0 Å². The first-order valence-corrected chi connectivity index (χ1v) is 8.58. The Labute approximate surface area is 114 Å². The number of amides is 1. The molecule has 6 nitrogen and oxygen atoms in total. The number of hydrogen-bond acceptors (Lipinski definition) is 5. The second kappa shape index (κ2) is 5.38. The average Bonchev–Trinajstić information content (AvgIpc) is 2.56. The van der Waals surface area contributed by atoms with Crippen molar-refractivity contribution in [3.63, 3.8) is 0 Å². The smallest absolute Gasteiger partial charge is 0.234 e. The Balaban J connectivity index is 1.87. The van der Waals surface area contributed by atoms with Crippen molar-refractivity contribution in [2.45, 2.75) is 31.8 Å². The zero-order chi connectivity index (χ0) is 14.1. The van der Waals surface area contributed by atoms with E-state index in [9.17, 15) is 13.2 Å². The van der Waals surface area contributed by atoms with E-state index >= 15 is 0 Å². The van der Waals surface area contributed by atoms with Crippen LogP contribution in [0.4, 0.5) is 0 Å². The number of piperazine rings is 1. The first-order valence-electron chi connectivity index (χ1n) is 6.76. The van der Waals surface area contributed by atoms with Crippen molar-refractivity contribution >= 4 is 15.7 Å². The Hall–Kier alpha value is -0.660. The second-order valence-corrected chi connectivity index (χ2v) is 8.16. The molecule has 2 aliphatic heterocycles. The Bertz CT molecular complexity index is 451. The zero-order valence-electron chi connectivity index (χ0n) is 11.6. The standard InChI is InChI=1S/C12H23N3O3S/c1-10-7-13-4-5-15(10)8-11(16)14-12(2)3-6-19(17,18)9-12/h10,13H,3-9H2,1-2H3,(H,14,16)/t10-,12?/m0/s1. The van der Waals surface area contributed by atoms with Gasteiger partial charge in [-0.2, -0.15) is 0 Å². The number of rotatable bonds is 3. The summed E-state index contributed by atoms with van der Waals surface area (Å²) in [5.74, 6) is 0.157. The van der Waals surface area contributed by atoms with Crippen LogP contribution in [-0.2, 0) is 14.6 Å². The molecule has 7 heteroatoms. The van der Waals surface area contributed by atoms with Crippen molar-refractivity contribution in [1.82, 2.24) is 15.5 Å². The lowest BCUT2D eigenvalue weighted by Crippen LogP contribution is -2.55. The molecule has 0 aromatic heterocycles.